The molecule has 1 fully saturated rings. The number of hydrogen-bond acceptors (Lipinski definition) is 7. The first kappa shape index (κ1) is 28.1. The molecule has 0 radical (unpaired) electrons. The number of carbonyl (C=O) groups is 2. The number of piperidine rings is 1. The first-order chi connectivity index (χ1) is 17.0. The van der Waals surface area contributed by atoms with E-state index in [1.165, 1.54) is 24.0 Å². The van der Waals surface area contributed by atoms with Crippen LogP contribution in [0.4, 0.5) is 19.3 Å². The van der Waals surface area contributed by atoms with E-state index < -0.39 is 46.1 Å². The molecule has 1 aliphatic rings. The molecule has 0 bridgehead atoms. The van der Waals surface area contributed by atoms with E-state index in [1.807, 2.05) is 0 Å². The Morgan fingerprint density at radius 2 is 1.89 bits per heavy atom. The van der Waals surface area contributed by atoms with Gasteiger partial charge in [0.15, 0.2) is 0 Å². The predicted octanol–water partition coefficient (Wildman–Crippen LogP) is 5.07. The van der Waals surface area contributed by atoms with Gasteiger partial charge in [0.1, 0.15) is 22.5 Å². The molecule has 8 nitrogen and oxygen atoms in total. The molecule has 0 N–H and O–H groups in total. The molecule has 2 aromatic rings. The molecule has 0 aliphatic carbocycles. The van der Waals surface area contributed by atoms with E-state index in [9.17, 15) is 26.8 Å². The lowest BCUT2D eigenvalue weighted by Crippen LogP contribution is -2.44. The summed E-state index contributed by atoms with van der Waals surface area (Å²) in [5.74, 6) is -1.96. The zero-order chi connectivity index (χ0) is 26.5. The lowest BCUT2D eigenvalue weighted by Gasteiger charge is -2.33. The van der Waals surface area contributed by atoms with E-state index in [2.05, 4.69) is 0 Å². The molecule has 1 aliphatic heterocycles. The monoisotopic (exact) mass is 564 g/mol. The van der Waals surface area contributed by atoms with Gasteiger partial charge in [-0.05, 0) is 56.9 Å². The van der Waals surface area contributed by atoms with Gasteiger partial charge in [-0.1, -0.05) is 11.6 Å². The van der Waals surface area contributed by atoms with Crippen molar-refractivity contribution >= 4 is 50.7 Å². The van der Waals surface area contributed by atoms with Gasteiger partial charge >= 0.3 is 12.1 Å². The van der Waals surface area contributed by atoms with E-state index in [0.29, 0.717) is 36.8 Å². The predicted molar refractivity (Wildman–Crippen MR) is 132 cm³/mol. The lowest BCUT2D eigenvalue weighted by molar-refractivity contribution is -0.144. The number of amides is 1. The third kappa shape index (κ3) is 6.86. The van der Waals surface area contributed by atoms with E-state index in [1.54, 1.807) is 6.92 Å². The Morgan fingerprint density at radius 1 is 1.19 bits per heavy atom. The van der Waals surface area contributed by atoms with Crippen LogP contribution in [0.5, 0.6) is 0 Å². The number of rotatable bonds is 9. The van der Waals surface area contributed by atoms with Crippen LogP contribution in [0.3, 0.4) is 0 Å². The maximum absolute atomic E-state index is 14.7. The molecule has 0 saturated carbocycles. The second-order valence-electron chi connectivity index (χ2n) is 8.32. The zero-order valence-electron chi connectivity index (χ0n) is 19.8. The highest BCUT2D eigenvalue weighted by Gasteiger charge is 2.34. The van der Waals surface area contributed by atoms with Crippen LogP contribution in [0.1, 0.15) is 33.1 Å². The minimum Gasteiger partial charge on any atom is -0.466 e. The molecule has 0 unspecified atom stereocenters. The highest BCUT2D eigenvalue weighted by molar-refractivity contribution is 7.94. The summed E-state index contributed by atoms with van der Waals surface area (Å²) >= 11 is 6.67. The molecule has 1 saturated heterocycles. The Morgan fingerprint density at radius 3 is 2.50 bits per heavy atom. The summed E-state index contributed by atoms with van der Waals surface area (Å²) < 4.78 is 66.4. The Hall–Kier alpha value is -2.44. The van der Waals surface area contributed by atoms with Gasteiger partial charge in [-0.15, -0.1) is 11.3 Å². The number of thiophene rings is 1. The molecule has 1 amide bonds. The van der Waals surface area contributed by atoms with Crippen LogP contribution in [0.2, 0.25) is 4.34 Å². The Kier molecular flexibility index (Phi) is 9.53. The lowest BCUT2D eigenvalue weighted by atomic mass is 9.94. The molecule has 0 spiro atoms. The molecule has 36 heavy (non-hydrogen) atoms. The maximum Gasteiger partial charge on any atom is 0.409 e. The van der Waals surface area contributed by atoms with Gasteiger partial charge < -0.3 is 14.4 Å². The Labute approximate surface area is 217 Å². The van der Waals surface area contributed by atoms with Crippen LogP contribution in [0.25, 0.3) is 0 Å². The van der Waals surface area contributed by atoms with Crippen molar-refractivity contribution < 1.29 is 36.3 Å². The van der Waals surface area contributed by atoms with Crippen molar-refractivity contribution in [2.45, 2.75) is 43.4 Å². The zero-order valence-corrected chi connectivity index (χ0v) is 22.2. The van der Waals surface area contributed by atoms with Crippen molar-refractivity contribution in [3.63, 3.8) is 0 Å². The van der Waals surface area contributed by atoms with Crippen molar-refractivity contribution in [1.29, 1.82) is 0 Å². The van der Waals surface area contributed by atoms with Gasteiger partial charge in [-0.3, -0.25) is 9.10 Å². The van der Waals surface area contributed by atoms with Crippen molar-refractivity contribution in [2.75, 3.05) is 30.6 Å². The largest absolute Gasteiger partial charge is 0.466 e. The number of sulfonamides is 1. The Bertz CT molecular complexity index is 1190. The Balaban J connectivity index is 1.70. The summed E-state index contributed by atoms with van der Waals surface area (Å²) in [5, 5.41) is 0. The summed E-state index contributed by atoms with van der Waals surface area (Å²) in [5.41, 5.74) is -0.511. The molecule has 1 aromatic carbocycles. The third-order valence-corrected chi connectivity index (χ3v) is 9.32. The van der Waals surface area contributed by atoms with Crippen LogP contribution in [-0.4, -0.2) is 57.7 Å². The van der Waals surface area contributed by atoms with Crippen LogP contribution in [0, 0.1) is 17.6 Å². The fraction of sp³-hybridized carbons (Fsp3) is 0.478. The molecule has 3 rings (SSSR count). The minimum absolute atomic E-state index is 0.0984. The van der Waals surface area contributed by atoms with Crippen LogP contribution in [-0.2, 0) is 24.3 Å². The SMILES string of the molecule is CCOC(=O)CC1CCN(C(=O)OC[C@@H](C)N(c2cc(F)ccc2F)S(=O)(=O)c2ccc(Cl)s2)CC1. The number of hydrogen-bond donors (Lipinski definition) is 0. The number of anilines is 1. The molecular formula is C23H27ClF2N2O6S2. The molecule has 1 aromatic heterocycles. The minimum atomic E-state index is -4.36. The molecule has 198 valence electrons. The fourth-order valence-corrected chi connectivity index (χ4v) is 7.13. The van der Waals surface area contributed by atoms with Gasteiger partial charge in [0.25, 0.3) is 10.0 Å². The first-order valence-electron chi connectivity index (χ1n) is 11.3. The van der Waals surface area contributed by atoms with Crippen molar-refractivity contribution in [3.8, 4) is 0 Å². The van der Waals surface area contributed by atoms with E-state index in [4.69, 9.17) is 21.1 Å². The van der Waals surface area contributed by atoms with Crippen molar-refractivity contribution in [2.24, 2.45) is 5.92 Å². The fourth-order valence-electron chi connectivity index (χ4n) is 3.92. The van der Waals surface area contributed by atoms with Crippen LogP contribution < -0.4 is 4.31 Å². The van der Waals surface area contributed by atoms with Gasteiger partial charge in [-0.25, -0.2) is 22.0 Å². The summed E-state index contributed by atoms with van der Waals surface area (Å²) in [7, 11) is -4.36. The quantitative estimate of drug-likeness (QED) is 0.395. The standard InChI is InChI=1S/C23H27ClF2N2O6S2/c1-3-33-21(29)12-16-8-10-27(11-9-16)23(30)34-14-15(2)28(19-13-17(25)4-5-18(19)26)36(31,32)22-7-6-20(24)35-22/h4-7,13,15-16H,3,8-12,14H2,1-2H3/t15-/m1/s1. The van der Waals surface area contributed by atoms with E-state index in [-0.39, 0.29) is 26.9 Å². The molecule has 1 atom stereocenters. The number of benzene rings is 1. The topological polar surface area (TPSA) is 93.2 Å². The van der Waals surface area contributed by atoms with Crippen molar-refractivity contribution in [1.82, 2.24) is 4.90 Å². The van der Waals surface area contributed by atoms with E-state index in [0.717, 1.165) is 29.5 Å². The summed E-state index contributed by atoms with van der Waals surface area (Å²) in [4.78, 5) is 25.8. The van der Waals surface area contributed by atoms with Gasteiger partial charge in [0.2, 0.25) is 0 Å². The van der Waals surface area contributed by atoms with Gasteiger partial charge in [0, 0.05) is 25.6 Å². The highest BCUT2D eigenvalue weighted by Crippen LogP contribution is 2.34. The van der Waals surface area contributed by atoms with E-state index >= 15 is 0 Å². The van der Waals surface area contributed by atoms with Crippen LogP contribution >= 0.6 is 22.9 Å². The normalized spacial score (nSPS) is 15.4. The van der Waals surface area contributed by atoms with Gasteiger partial charge in [0.05, 0.1) is 22.7 Å². The first-order valence-corrected chi connectivity index (χ1v) is 14.0. The number of nitrogens with zero attached hydrogens (tertiary/aromatic N) is 2. The maximum atomic E-state index is 14.7. The number of halogens is 3. The number of esters is 1. The summed E-state index contributed by atoms with van der Waals surface area (Å²) in [6.45, 7) is 3.80. The molecule has 2 heterocycles. The summed E-state index contributed by atoms with van der Waals surface area (Å²) in [6.07, 6.45) is 0.814. The third-order valence-electron chi connectivity index (χ3n) is 5.69. The second-order valence-corrected chi connectivity index (χ2v) is 12.1. The molecular weight excluding hydrogens is 538 g/mol. The summed E-state index contributed by atoms with van der Waals surface area (Å²) in [6, 6.07) is 4.06. The average Bonchev–Trinajstić information content (AvgIpc) is 3.27. The molecule has 13 heteroatoms. The number of carbonyl (C=O) groups excluding carboxylic acids is 2. The average molecular weight is 565 g/mol. The van der Waals surface area contributed by atoms with Crippen LogP contribution in [0.15, 0.2) is 34.5 Å². The highest BCUT2D eigenvalue weighted by atomic mass is 35.5. The van der Waals surface area contributed by atoms with Gasteiger partial charge in [-0.2, -0.15) is 0 Å². The number of likely N-dealkylation sites (tertiary alicyclic amines) is 1. The second kappa shape index (κ2) is 12.2. The van der Waals surface area contributed by atoms with Crippen molar-refractivity contribution in [3.05, 3.63) is 46.3 Å². The smallest absolute Gasteiger partial charge is 0.409 e. The number of ether oxygens (including phenoxy) is 2.